The van der Waals surface area contributed by atoms with Crippen molar-refractivity contribution in [2.24, 2.45) is 0 Å². The summed E-state index contributed by atoms with van der Waals surface area (Å²) in [6.07, 6.45) is 0. The Labute approximate surface area is 150 Å². The normalized spacial score (nSPS) is 12.2. The van der Waals surface area contributed by atoms with E-state index in [4.69, 9.17) is 9.26 Å². The highest BCUT2D eigenvalue weighted by atomic mass is 32.2. The summed E-state index contributed by atoms with van der Waals surface area (Å²) < 4.78 is 24.3. The Bertz CT molecular complexity index is 866. The number of hydrogen-bond acceptors (Lipinski definition) is 5. The Morgan fingerprint density at radius 1 is 1.24 bits per heavy atom. The van der Waals surface area contributed by atoms with Gasteiger partial charge in [-0.25, -0.2) is 4.39 Å². The van der Waals surface area contributed by atoms with E-state index in [0.29, 0.717) is 22.8 Å². The van der Waals surface area contributed by atoms with Gasteiger partial charge in [0.15, 0.2) is 0 Å². The number of thioether (sulfide) groups is 1. The van der Waals surface area contributed by atoms with Crippen molar-refractivity contribution in [1.82, 2.24) is 10.1 Å². The molecule has 0 spiro atoms. The van der Waals surface area contributed by atoms with Crippen molar-refractivity contribution in [2.75, 3.05) is 7.11 Å². The zero-order valence-electron chi connectivity index (χ0n) is 14.3. The SMILES string of the molecule is COc1cccc(CSC(C)c2nc(-c3ccc(C)c(F)c3)no2)c1. The summed E-state index contributed by atoms with van der Waals surface area (Å²) in [6.45, 7) is 3.73. The van der Waals surface area contributed by atoms with E-state index < -0.39 is 0 Å². The third-order valence-electron chi connectivity index (χ3n) is 3.85. The van der Waals surface area contributed by atoms with E-state index in [1.165, 1.54) is 6.07 Å². The molecule has 3 rings (SSSR count). The fourth-order valence-corrected chi connectivity index (χ4v) is 3.16. The number of halogens is 1. The predicted octanol–water partition coefficient (Wildman–Crippen LogP) is 5.19. The molecule has 0 amide bonds. The molecule has 1 heterocycles. The Balaban J connectivity index is 1.67. The number of aromatic nitrogens is 2. The maximum Gasteiger partial charge on any atom is 0.239 e. The average Bonchev–Trinajstić information content (AvgIpc) is 3.12. The summed E-state index contributed by atoms with van der Waals surface area (Å²) >= 11 is 1.69. The molecule has 4 nitrogen and oxygen atoms in total. The second kappa shape index (κ2) is 7.70. The monoisotopic (exact) mass is 358 g/mol. The molecule has 0 bridgehead atoms. The van der Waals surface area contributed by atoms with Crippen molar-refractivity contribution in [3.05, 3.63) is 65.3 Å². The maximum absolute atomic E-state index is 13.7. The highest BCUT2D eigenvalue weighted by molar-refractivity contribution is 7.98. The van der Waals surface area contributed by atoms with Gasteiger partial charge in [0.05, 0.1) is 12.4 Å². The van der Waals surface area contributed by atoms with Crippen LogP contribution < -0.4 is 4.74 Å². The summed E-state index contributed by atoms with van der Waals surface area (Å²) in [5.41, 5.74) is 2.37. The Hall–Kier alpha value is -2.34. The average molecular weight is 358 g/mol. The van der Waals surface area contributed by atoms with Crippen LogP contribution in [-0.4, -0.2) is 17.3 Å². The standard InChI is InChI=1S/C19H19FN2O2S/c1-12-7-8-15(10-17(12)20)18-21-19(24-22-18)13(2)25-11-14-5-4-6-16(9-14)23-3/h4-10,13H,11H2,1-3H3. The van der Waals surface area contributed by atoms with Gasteiger partial charge >= 0.3 is 0 Å². The van der Waals surface area contributed by atoms with Crippen LogP contribution in [0.15, 0.2) is 47.0 Å². The second-order valence-electron chi connectivity index (χ2n) is 5.72. The molecule has 130 valence electrons. The molecule has 1 unspecified atom stereocenters. The summed E-state index contributed by atoms with van der Waals surface area (Å²) in [5, 5.41) is 4.00. The van der Waals surface area contributed by atoms with Gasteiger partial charge in [0.2, 0.25) is 11.7 Å². The molecule has 0 radical (unpaired) electrons. The largest absolute Gasteiger partial charge is 0.497 e. The topological polar surface area (TPSA) is 48.2 Å². The van der Waals surface area contributed by atoms with Crippen molar-refractivity contribution >= 4 is 11.8 Å². The van der Waals surface area contributed by atoms with Gasteiger partial charge in [-0.05, 0) is 43.2 Å². The van der Waals surface area contributed by atoms with Crippen LogP contribution in [-0.2, 0) is 5.75 Å². The quantitative estimate of drug-likeness (QED) is 0.607. The molecule has 0 aliphatic rings. The van der Waals surface area contributed by atoms with Gasteiger partial charge in [0.25, 0.3) is 0 Å². The molecular weight excluding hydrogens is 339 g/mol. The molecule has 2 aromatic carbocycles. The van der Waals surface area contributed by atoms with E-state index >= 15 is 0 Å². The number of benzene rings is 2. The first-order valence-corrected chi connectivity index (χ1v) is 8.96. The summed E-state index contributed by atoms with van der Waals surface area (Å²) in [4.78, 5) is 4.41. The van der Waals surface area contributed by atoms with E-state index in [0.717, 1.165) is 17.1 Å². The number of methoxy groups -OCH3 is 1. The molecule has 0 aliphatic carbocycles. The van der Waals surface area contributed by atoms with E-state index in [9.17, 15) is 4.39 Å². The molecule has 0 N–H and O–H groups in total. The molecule has 25 heavy (non-hydrogen) atoms. The Morgan fingerprint density at radius 3 is 2.84 bits per heavy atom. The van der Waals surface area contributed by atoms with Crippen molar-refractivity contribution in [3.63, 3.8) is 0 Å². The Morgan fingerprint density at radius 2 is 2.08 bits per heavy atom. The first kappa shape index (κ1) is 17.5. The highest BCUT2D eigenvalue weighted by Gasteiger charge is 2.16. The number of ether oxygens (including phenoxy) is 1. The predicted molar refractivity (Wildman–Crippen MR) is 97.1 cm³/mol. The van der Waals surface area contributed by atoms with Gasteiger partial charge in [-0.1, -0.05) is 29.4 Å². The fraction of sp³-hybridized carbons (Fsp3) is 0.263. The molecule has 0 saturated heterocycles. The minimum Gasteiger partial charge on any atom is -0.497 e. The lowest BCUT2D eigenvalue weighted by Crippen LogP contribution is -1.92. The summed E-state index contributed by atoms with van der Waals surface area (Å²) in [7, 11) is 1.66. The van der Waals surface area contributed by atoms with Crippen LogP contribution in [0.5, 0.6) is 5.75 Å². The molecule has 1 atom stereocenters. The summed E-state index contributed by atoms with van der Waals surface area (Å²) in [5.74, 6) is 2.30. The Kier molecular flexibility index (Phi) is 5.38. The number of aryl methyl sites for hydroxylation is 1. The molecule has 0 saturated carbocycles. The molecule has 0 aliphatic heterocycles. The van der Waals surface area contributed by atoms with Crippen molar-refractivity contribution < 1.29 is 13.7 Å². The summed E-state index contributed by atoms with van der Waals surface area (Å²) in [6, 6.07) is 12.9. The van der Waals surface area contributed by atoms with Crippen LogP contribution in [0.1, 0.15) is 29.2 Å². The molecule has 6 heteroatoms. The first-order chi connectivity index (χ1) is 12.1. The second-order valence-corrected chi connectivity index (χ2v) is 7.05. The number of hydrogen-bond donors (Lipinski definition) is 0. The van der Waals surface area contributed by atoms with E-state index in [2.05, 4.69) is 16.2 Å². The van der Waals surface area contributed by atoms with Crippen molar-refractivity contribution in [1.29, 1.82) is 0 Å². The molecular formula is C19H19FN2O2S. The zero-order valence-corrected chi connectivity index (χ0v) is 15.1. The van der Waals surface area contributed by atoms with Crippen LogP contribution in [0.25, 0.3) is 11.4 Å². The van der Waals surface area contributed by atoms with Crippen molar-refractivity contribution in [3.8, 4) is 17.1 Å². The third-order valence-corrected chi connectivity index (χ3v) is 5.06. The minimum atomic E-state index is -0.274. The van der Waals surface area contributed by atoms with Gasteiger partial charge in [-0.2, -0.15) is 4.98 Å². The van der Waals surface area contributed by atoms with Gasteiger partial charge in [0.1, 0.15) is 11.6 Å². The lowest BCUT2D eigenvalue weighted by atomic mass is 10.1. The maximum atomic E-state index is 13.7. The number of rotatable bonds is 6. The number of nitrogens with zero attached hydrogens (tertiary/aromatic N) is 2. The van der Waals surface area contributed by atoms with Gasteiger partial charge < -0.3 is 9.26 Å². The highest BCUT2D eigenvalue weighted by Crippen LogP contribution is 2.32. The van der Waals surface area contributed by atoms with Gasteiger partial charge in [-0.3, -0.25) is 0 Å². The van der Waals surface area contributed by atoms with Gasteiger partial charge in [0, 0.05) is 11.3 Å². The molecule has 1 aromatic heterocycles. The zero-order chi connectivity index (χ0) is 17.8. The van der Waals surface area contributed by atoms with Crippen molar-refractivity contribution in [2.45, 2.75) is 24.9 Å². The van der Waals surface area contributed by atoms with E-state index in [1.54, 1.807) is 37.9 Å². The van der Waals surface area contributed by atoms with Crippen LogP contribution in [0.2, 0.25) is 0 Å². The van der Waals surface area contributed by atoms with Crippen LogP contribution in [0.3, 0.4) is 0 Å². The third kappa shape index (κ3) is 4.20. The lowest BCUT2D eigenvalue weighted by Gasteiger charge is -2.07. The minimum absolute atomic E-state index is 0.0303. The van der Waals surface area contributed by atoms with Crippen LogP contribution >= 0.6 is 11.8 Å². The van der Waals surface area contributed by atoms with Crippen LogP contribution in [0, 0.1) is 12.7 Å². The first-order valence-electron chi connectivity index (χ1n) is 7.91. The molecule has 3 aromatic rings. The lowest BCUT2D eigenvalue weighted by molar-refractivity contribution is 0.381. The fourth-order valence-electron chi connectivity index (χ4n) is 2.30. The van der Waals surface area contributed by atoms with E-state index in [1.807, 2.05) is 25.1 Å². The molecule has 0 fully saturated rings. The van der Waals surface area contributed by atoms with E-state index in [-0.39, 0.29) is 11.1 Å². The van der Waals surface area contributed by atoms with Gasteiger partial charge in [-0.15, -0.1) is 11.8 Å². The smallest absolute Gasteiger partial charge is 0.239 e. The van der Waals surface area contributed by atoms with Crippen LogP contribution in [0.4, 0.5) is 4.39 Å².